The number of hydrogen-bond acceptors (Lipinski definition) is 2. The molecule has 2 aromatic rings. The van der Waals surface area contributed by atoms with Gasteiger partial charge in [0.2, 0.25) is 5.50 Å². The fourth-order valence-corrected chi connectivity index (χ4v) is 5.75. The van der Waals surface area contributed by atoms with Crippen LogP contribution in [0.4, 0.5) is 4.39 Å². The predicted molar refractivity (Wildman–Crippen MR) is 89.1 cm³/mol. The average Bonchev–Trinajstić information content (AvgIpc) is 2.47. The van der Waals surface area contributed by atoms with Gasteiger partial charge in [-0.1, -0.05) is 23.2 Å². The fraction of sp³-hybridized carbons (Fsp3) is 0.188. The second kappa shape index (κ2) is 5.76. The minimum Gasteiger partial charge on any atom is -0.296 e. The molecule has 1 unspecified atom stereocenters. The second-order valence-electron chi connectivity index (χ2n) is 5.25. The van der Waals surface area contributed by atoms with Crippen molar-refractivity contribution in [3.05, 3.63) is 58.6 Å². The Morgan fingerprint density at radius 1 is 0.955 bits per heavy atom. The zero-order valence-corrected chi connectivity index (χ0v) is 14.4. The van der Waals surface area contributed by atoms with Gasteiger partial charge in [-0.25, -0.2) is 4.39 Å². The number of carbonyl (C=O) groups is 1. The van der Waals surface area contributed by atoms with Crippen molar-refractivity contribution >= 4 is 38.1 Å². The number of alkyl halides is 1. The molecule has 0 aromatic heterocycles. The van der Waals surface area contributed by atoms with E-state index < -0.39 is 20.4 Å². The molecule has 6 heteroatoms. The summed E-state index contributed by atoms with van der Waals surface area (Å²) in [5.41, 5.74) is -2.15. The van der Waals surface area contributed by atoms with Gasteiger partial charge >= 0.3 is 0 Å². The Balaban J connectivity index is 2.80. The van der Waals surface area contributed by atoms with Crippen molar-refractivity contribution in [3.63, 3.8) is 0 Å². The standard InChI is InChI=1S/C16H15Cl2FO2S/c1-11(20)16(19)22(2,21,14-7-3-12(17)4-8-14)15-9-5-13(18)6-10-15/h3-10,16H,1-2H3. The van der Waals surface area contributed by atoms with Gasteiger partial charge in [0.1, 0.15) is 0 Å². The van der Waals surface area contributed by atoms with Gasteiger partial charge in [0.25, 0.3) is 0 Å². The van der Waals surface area contributed by atoms with E-state index in [0.717, 1.165) is 6.92 Å². The normalized spacial score (nSPS) is 14.9. The number of rotatable bonds is 4. The minimum atomic E-state index is -4.29. The van der Waals surface area contributed by atoms with Crippen LogP contribution in [0.1, 0.15) is 6.92 Å². The first-order valence-electron chi connectivity index (χ1n) is 6.45. The summed E-state index contributed by atoms with van der Waals surface area (Å²) in [4.78, 5) is 12.1. The molecule has 2 aromatic carbocycles. The van der Waals surface area contributed by atoms with E-state index in [1.807, 2.05) is 0 Å². The molecule has 0 heterocycles. The van der Waals surface area contributed by atoms with Crippen molar-refractivity contribution in [1.29, 1.82) is 0 Å². The van der Waals surface area contributed by atoms with Gasteiger partial charge in [0, 0.05) is 26.1 Å². The molecule has 0 aliphatic carbocycles. The van der Waals surface area contributed by atoms with Crippen LogP contribution in [0.2, 0.25) is 10.0 Å². The largest absolute Gasteiger partial charge is 0.296 e. The van der Waals surface area contributed by atoms with Gasteiger partial charge in [-0.2, -0.15) is 0 Å². The Hall–Kier alpha value is -1.23. The molecule has 0 saturated heterocycles. The Morgan fingerprint density at radius 2 is 1.27 bits per heavy atom. The van der Waals surface area contributed by atoms with E-state index in [2.05, 4.69) is 0 Å². The highest BCUT2D eigenvalue weighted by Crippen LogP contribution is 2.46. The van der Waals surface area contributed by atoms with Crippen LogP contribution in [0.3, 0.4) is 0 Å². The number of carbonyl (C=O) groups excluding carboxylic acids is 1. The van der Waals surface area contributed by atoms with Crippen LogP contribution in [0.5, 0.6) is 0 Å². The molecule has 2 nitrogen and oxygen atoms in total. The minimum absolute atomic E-state index is 0.228. The van der Waals surface area contributed by atoms with E-state index in [1.165, 1.54) is 54.8 Å². The molecule has 1 atom stereocenters. The summed E-state index contributed by atoms with van der Waals surface area (Å²) in [7, 11) is -4.29. The van der Waals surface area contributed by atoms with E-state index in [-0.39, 0.29) is 9.79 Å². The number of benzene rings is 2. The second-order valence-corrected chi connectivity index (χ2v) is 10.3. The van der Waals surface area contributed by atoms with Gasteiger partial charge in [0.15, 0.2) is 5.78 Å². The first-order chi connectivity index (χ1) is 10.2. The van der Waals surface area contributed by atoms with Crippen LogP contribution in [0, 0.1) is 0 Å². The zero-order chi connectivity index (χ0) is 16.6. The summed E-state index contributed by atoms with van der Waals surface area (Å²) in [6, 6.07) is 12.0. The highest BCUT2D eigenvalue weighted by atomic mass is 35.5. The lowest BCUT2D eigenvalue weighted by atomic mass is 10.4. The van der Waals surface area contributed by atoms with Crippen molar-refractivity contribution in [2.45, 2.75) is 22.2 Å². The topological polar surface area (TPSA) is 34.1 Å². The molecule has 2 rings (SSSR count). The van der Waals surface area contributed by atoms with E-state index in [9.17, 15) is 13.4 Å². The maximum atomic E-state index is 14.9. The SMILES string of the molecule is CC(=O)C(F)S(C)(=O)(c1ccc(Cl)cc1)c1ccc(Cl)cc1. The highest BCUT2D eigenvalue weighted by molar-refractivity contribution is 8.20. The van der Waals surface area contributed by atoms with Gasteiger partial charge in [-0.3, -0.25) is 9.00 Å². The van der Waals surface area contributed by atoms with E-state index >= 15 is 0 Å². The Labute approximate surface area is 138 Å². The summed E-state index contributed by atoms with van der Waals surface area (Å²) >= 11 is 11.7. The van der Waals surface area contributed by atoms with E-state index in [0.29, 0.717) is 10.0 Å². The lowest BCUT2D eigenvalue weighted by molar-refractivity contribution is -0.119. The molecule has 0 saturated carbocycles. The number of Topliss-reactive ketones (excluding diaryl/α,β-unsaturated/α-hetero) is 1. The lowest BCUT2D eigenvalue weighted by Crippen LogP contribution is -2.45. The molecule has 0 aliphatic heterocycles. The molecule has 0 N–H and O–H groups in total. The lowest BCUT2D eigenvalue weighted by Gasteiger charge is -2.41. The third-order valence-corrected chi connectivity index (χ3v) is 8.34. The van der Waals surface area contributed by atoms with Crippen molar-refractivity contribution in [1.82, 2.24) is 0 Å². The predicted octanol–water partition coefficient (Wildman–Crippen LogP) is 4.75. The third kappa shape index (κ3) is 2.71. The molecule has 22 heavy (non-hydrogen) atoms. The zero-order valence-electron chi connectivity index (χ0n) is 12.1. The van der Waals surface area contributed by atoms with Crippen LogP contribution in [-0.4, -0.2) is 21.8 Å². The summed E-state index contributed by atoms with van der Waals surface area (Å²) in [6.07, 6.45) is 1.29. The third-order valence-electron chi connectivity index (χ3n) is 3.62. The number of hydrogen-bond donors (Lipinski definition) is 0. The molecule has 0 bridgehead atoms. The number of ketones is 1. The Morgan fingerprint density at radius 3 is 1.55 bits per heavy atom. The van der Waals surface area contributed by atoms with Crippen LogP contribution in [-0.2, 0) is 13.9 Å². The molecular weight excluding hydrogens is 346 g/mol. The first-order valence-corrected chi connectivity index (χ1v) is 9.64. The average molecular weight is 361 g/mol. The monoisotopic (exact) mass is 360 g/mol. The summed E-state index contributed by atoms with van der Waals surface area (Å²) in [5.74, 6) is -0.788. The van der Waals surface area contributed by atoms with Crippen molar-refractivity contribution in [3.8, 4) is 0 Å². The van der Waals surface area contributed by atoms with Crippen LogP contribution < -0.4 is 0 Å². The molecular formula is C16H15Cl2FO2S. The fourth-order valence-electron chi connectivity index (χ4n) is 2.32. The summed E-state index contributed by atoms with van der Waals surface area (Å²) in [6.45, 7) is 1.09. The van der Waals surface area contributed by atoms with Crippen molar-refractivity contribution < 1.29 is 13.4 Å². The van der Waals surface area contributed by atoms with E-state index in [4.69, 9.17) is 23.2 Å². The summed E-state index contributed by atoms with van der Waals surface area (Å²) in [5, 5.41) is 0.875. The van der Waals surface area contributed by atoms with E-state index in [1.54, 1.807) is 0 Å². The quantitative estimate of drug-likeness (QED) is 0.788. The molecule has 0 aliphatic rings. The maximum Gasteiger partial charge on any atom is 0.219 e. The van der Waals surface area contributed by atoms with Gasteiger partial charge < -0.3 is 0 Å². The number of halogens is 3. The highest BCUT2D eigenvalue weighted by Gasteiger charge is 2.47. The van der Waals surface area contributed by atoms with Gasteiger partial charge in [0.05, 0.1) is 0 Å². The first kappa shape index (κ1) is 17.1. The van der Waals surface area contributed by atoms with Gasteiger partial charge in [-0.05, 0) is 64.5 Å². The maximum absolute atomic E-state index is 14.9. The van der Waals surface area contributed by atoms with Gasteiger partial charge in [-0.15, -0.1) is 0 Å². The Kier molecular flexibility index (Phi) is 4.49. The molecule has 0 spiro atoms. The van der Waals surface area contributed by atoms with Crippen molar-refractivity contribution in [2.24, 2.45) is 0 Å². The van der Waals surface area contributed by atoms with Crippen molar-refractivity contribution in [2.75, 3.05) is 6.26 Å². The molecule has 0 radical (unpaired) electrons. The summed E-state index contributed by atoms with van der Waals surface area (Å²) < 4.78 is 28.7. The molecule has 0 amide bonds. The smallest absolute Gasteiger partial charge is 0.219 e. The van der Waals surface area contributed by atoms with Crippen LogP contribution >= 0.6 is 23.2 Å². The van der Waals surface area contributed by atoms with Crippen LogP contribution in [0.15, 0.2) is 58.3 Å². The molecule has 118 valence electrons. The van der Waals surface area contributed by atoms with Crippen LogP contribution in [0.25, 0.3) is 0 Å². The molecule has 0 fully saturated rings. The Bertz CT molecular complexity index is 720.